The molecule has 0 unspecified atom stereocenters. The third-order valence-electron chi connectivity index (χ3n) is 5.76. The zero-order valence-corrected chi connectivity index (χ0v) is 18.1. The summed E-state index contributed by atoms with van der Waals surface area (Å²) in [4.78, 5) is 16.6. The molecule has 0 bridgehead atoms. The molecule has 0 saturated carbocycles. The first kappa shape index (κ1) is 21.2. The lowest BCUT2D eigenvalue weighted by atomic mass is 10.0. The van der Waals surface area contributed by atoms with Crippen molar-refractivity contribution in [2.75, 3.05) is 43.0 Å². The first-order chi connectivity index (χ1) is 14.0. The van der Waals surface area contributed by atoms with Crippen molar-refractivity contribution < 1.29 is 14.4 Å². The van der Waals surface area contributed by atoms with Crippen molar-refractivity contribution in [3.05, 3.63) is 54.1 Å². The summed E-state index contributed by atoms with van der Waals surface area (Å²) in [6.07, 6.45) is 0. The van der Waals surface area contributed by atoms with Gasteiger partial charge in [-0.05, 0) is 43.5 Å². The summed E-state index contributed by atoms with van der Waals surface area (Å²) in [6.45, 7) is 12.7. The maximum Gasteiger partial charge on any atom is 0.282 e. The van der Waals surface area contributed by atoms with Crippen LogP contribution >= 0.6 is 0 Å². The summed E-state index contributed by atoms with van der Waals surface area (Å²) in [5.41, 5.74) is 3.26. The van der Waals surface area contributed by atoms with Crippen LogP contribution in [0.25, 0.3) is 0 Å². The number of nitrogens with one attached hydrogen (secondary N) is 2. The second-order valence-corrected chi connectivity index (χ2v) is 8.00. The topological polar surface area (TPSA) is 46.0 Å². The van der Waals surface area contributed by atoms with E-state index in [1.807, 2.05) is 44.2 Å². The fraction of sp³-hybridized carbons (Fsp3) is 0.458. The largest absolute Gasteiger partial charge is 0.492 e. The lowest BCUT2D eigenvalue weighted by Crippen LogP contribution is -3.19. The minimum absolute atomic E-state index is 0.0838. The molecule has 0 spiro atoms. The predicted molar refractivity (Wildman–Crippen MR) is 119 cm³/mol. The molecular formula is C24H34N3O2+. The second-order valence-electron chi connectivity index (χ2n) is 8.00. The van der Waals surface area contributed by atoms with E-state index in [9.17, 15) is 4.79 Å². The van der Waals surface area contributed by atoms with Crippen LogP contribution < -0.4 is 19.9 Å². The van der Waals surface area contributed by atoms with Crippen molar-refractivity contribution in [1.29, 1.82) is 0 Å². The molecule has 156 valence electrons. The van der Waals surface area contributed by atoms with Crippen LogP contribution in [0.1, 0.15) is 39.2 Å². The lowest BCUT2D eigenvalue weighted by Gasteiger charge is -2.36. The van der Waals surface area contributed by atoms with E-state index in [-0.39, 0.29) is 11.9 Å². The number of hydrogen-bond acceptors (Lipinski definition) is 3. The fourth-order valence-electron chi connectivity index (χ4n) is 4.00. The molecule has 1 amide bonds. The average Bonchev–Trinajstić information content (AvgIpc) is 2.74. The summed E-state index contributed by atoms with van der Waals surface area (Å²) in [6, 6.07) is 16.2. The Labute approximate surface area is 174 Å². The summed E-state index contributed by atoms with van der Waals surface area (Å²) in [7, 11) is 0. The first-order valence-corrected chi connectivity index (χ1v) is 10.7. The van der Waals surface area contributed by atoms with Crippen LogP contribution in [-0.4, -0.2) is 44.7 Å². The molecule has 2 N–H and O–H groups in total. The maximum atomic E-state index is 12.9. The van der Waals surface area contributed by atoms with Crippen LogP contribution in [0.15, 0.2) is 48.5 Å². The number of benzene rings is 2. The van der Waals surface area contributed by atoms with Crippen molar-refractivity contribution in [2.45, 2.75) is 39.7 Å². The van der Waals surface area contributed by atoms with Crippen LogP contribution in [0.2, 0.25) is 0 Å². The Balaban J connectivity index is 1.60. The SMILES string of the molecule is CCOc1ccccc1N1CC[NH+]([C@H](C)C(=O)Nc2ccccc2C(C)C)CC1. The highest BCUT2D eigenvalue weighted by Crippen LogP contribution is 2.28. The highest BCUT2D eigenvalue weighted by molar-refractivity contribution is 5.94. The molecule has 0 aliphatic carbocycles. The molecule has 1 aliphatic heterocycles. The molecule has 1 heterocycles. The molecule has 5 nitrogen and oxygen atoms in total. The Morgan fingerprint density at radius 1 is 1.07 bits per heavy atom. The van der Waals surface area contributed by atoms with Gasteiger partial charge in [0.2, 0.25) is 0 Å². The van der Waals surface area contributed by atoms with Gasteiger partial charge in [0.05, 0.1) is 38.5 Å². The Morgan fingerprint density at radius 3 is 2.41 bits per heavy atom. The standard InChI is InChI=1S/C24H33N3O2/c1-5-29-23-13-9-8-12-22(23)27-16-14-26(15-17-27)19(4)24(28)25-21-11-7-6-10-20(21)18(2)3/h6-13,18-19H,5,14-17H2,1-4H3,(H,25,28)/p+1/t19-/m1/s1. The molecule has 2 aromatic carbocycles. The molecule has 1 fully saturated rings. The highest BCUT2D eigenvalue weighted by Gasteiger charge is 2.30. The maximum absolute atomic E-state index is 12.9. The Hall–Kier alpha value is -2.53. The second kappa shape index (κ2) is 9.79. The third kappa shape index (κ3) is 5.10. The van der Waals surface area contributed by atoms with Gasteiger partial charge >= 0.3 is 0 Å². The van der Waals surface area contributed by atoms with E-state index in [1.165, 1.54) is 10.5 Å². The fourth-order valence-corrected chi connectivity index (χ4v) is 4.00. The number of carbonyl (C=O) groups excluding carboxylic acids is 1. The molecule has 3 rings (SSSR count). The van der Waals surface area contributed by atoms with Crippen molar-refractivity contribution in [2.24, 2.45) is 0 Å². The average molecular weight is 397 g/mol. The monoisotopic (exact) mass is 396 g/mol. The van der Waals surface area contributed by atoms with Crippen molar-refractivity contribution in [3.8, 4) is 5.75 Å². The van der Waals surface area contributed by atoms with Gasteiger partial charge in [0, 0.05) is 5.69 Å². The van der Waals surface area contributed by atoms with Crippen LogP contribution in [-0.2, 0) is 4.79 Å². The number of carbonyl (C=O) groups is 1. The minimum atomic E-state index is -0.0838. The van der Waals surface area contributed by atoms with E-state index in [0.717, 1.165) is 43.3 Å². The van der Waals surface area contributed by atoms with Gasteiger partial charge in [0.25, 0.3) is 5.91 Å². The van der Waals surface area contributed by atoms with Gasteiger partial charge in [-0.1, -0.05) is 44.2 Å². The highest BCUT2D eigenvalue weighted by atomic mass is 16.5. The van der Waals surface area contributed by atoms with Gasteiger partial charge in [0.1, 0.15) is 5.75 Å². The van der Waals surface area contributed by atoms with E-state index < -0.39 is 0 Å². The Morgan fingerprint density at radius 2 is 1.72 bits per heavy atom. The number of quaternary nitrogens is 1. The van der Waals surface area contributed by atoms with Crippen LogP contribution in [0.4, 0.5) is 11.4 Å². The summed E-state index contributed by atoms with van der Waals surface area (Å²) >= 11 is 0. The zero-order valence-electron chi connectivity index (χ0n) is 18.1. The molecular weight excluding hydrogens is 362 g/mol. The van der Waals surface area contributed by atoms with E-state index in [2.05, 4.69) is 42.3 Å². The molecule has 1 atom stereocenters. The van der Waals surface area contributed by atoms with Gasteiger partial charge in [0.15, 0.2) is 6.04 Å². The van der Waals surface area contributed by atoms with Gasteiger partial charge in [-0.3, -0.25) is 4.79 Å². The smallest absolute Gasteiger partial charge is 0.282 e. The molecule has 29 heavy (non-hydrogen) atoms. The summed E-state index contributed by atoms with van der Waals surface area (Å²) in [5.74, 6) is 1.41. The van der Waals surface area contributed by atoms with Crippen molar-refractivity contribution in [1.82, 2.24) is 0 Å². The number of para-hydroxylation sites is 3. The number of rotatable bonds is 7. The van der Waals surface area contributed by atoms with Gasteiger partial charge in [-0.15, -0.1) is 0 Å². The van der Waals surface area contributed by atoms with E-state index in [4.69, 9.17) is 4.74 Å². The quantitative estimate of drug-likeness (QED) is 0.756. The zero-order chi connectivity index (χ0) is 20.8. The number of piperazine rings is 1. The molecule has 2 aromatic rings. The summed E-state index contributed by atoms with van der Waals surface area (Å²) in [5, 5.41) is 3.16. The predicted octanol–water partition coefficient (Wildman–Crippen LogP) is 2.94. The number of amides is 1. The van der Waals surface area contributed by atoms with Crippen LogP contribution in [0.5, 0.6) is 5.75 Å². The minimum Gasteiger partial charge on any atom is -0.492 e. The van der Waals surface area contributed by atoms with Crippen molar-refractivity contribution in [3.63, 3.8) is 0 Å². The normalized spacial score (nSPS) is 16.0. The number of nitrogens with zero attached hydrogens (tertiary/aromatic N) is 1. The molecule has 1 saturated heterocycles. The third-order valence-corrected chi connectivity index (χ3v) is 5.76. The van der Waals surface area contributed by atoms with Crippen LogP contribution in [0.3, 0.4) is 0 Å². The number of anilines is 2. The molecule has 5 heteroatoms. The van der Waals surface area contributed by atoms with Gasteiger partial charge in [-0.2, -0.15) is 0 Å². The molecule has 0 aromatic heterocycles. The van der Waals surface area contributed by atoms with Gasteiger partial charge < -0.3 is 19.9 Å². The Bertz CT molecular complexity index is 813. The number of hydrogen-bond donors (Lipinski definition) is 2. The van der Waals surface area contributed by atoms with Crippen LogP contribution in [0, 0.1) is 0 Å². The van der Waals surface area contributed by atoms with E-state index >= 15 is 0 Å². The first-order valence-electron chi connectivity index (χ1n) is 10.7. The van der Waals surface area contributed by atoms with E-state index in [1.54, 1.807) is 0 Å². The Kier molecular flexibility index (Phi) is 7.15. The van der Waals surface area contributed by atoms with Gasteiger partial charge in [-0.25, -0.2) is 0 Å². The van der Waals surface area contributed by atoms with Crippen molar-refractivity contribution >= 4 is 17.3 Å². The molecule has 1 aliphatic rings. The summed E-state index contributed by atoms with van der Waals surface area (Å²) < 4.78 is 5.79. The van der Waals surface area contributed by atoms with E-state index in [0.29, 0.717) is 12.5 Å². The lowest BCUT2D eigenvalue weighted by molar-refractivity contribution is -0.914. The number of ether oxygens (including phenoxy) is 1. The molecule has 0 radical (unpaired) electrons.